The zero-order chi connectivity index (χ0) is 16.3. The number of hydrogen-bond acceptors (Lipinski definition) is 3. The summed E-state index contributed by atoms with van der Waals surface area (Å²) in [6, 6.07) is -0.663. The van der Waals surface area contributed by atoms with E-state index in [9.17, 15) is 9.59 Å². The van der Waals surface area contributed by atoms with Gasteiger partial charge in [0.25, 0.3) is 0 Å². The van der Waals surface area contributed by atoms with Crippen molar-refractivity contribution >= 4 is 12.0 Å². The zero-order valence-corrected chi connectivity index (χ0v) is 13.8. The first-order chi connectivity index (χ1) is 9.88. The van der Waals surface area contributed by atoms with E-state index in [2.05, 4.69) is 36.4 Å². The normalized spacial score (nSPS) is 12.5. The number of nitrogens with one attached hydrogen (secondary N) is 2. The molecule has 3 N–H and O–H groups in total. The Kier molecular flexibility index (Phi) is 10.7. The number of aliphatic carboxylic acids is 1. The Morgan fingerprint density at radius 2 is 1.86 bits per heavy atom. The molecule has 0 aromatic carbocycles. The van der Waals surface area contributed by atoms with Gasteiger partial charge in [0.2, 0.25) is 0 Å². The van der Waals surface area contributed by atoms with Crippen LogP contribution >= 0.6 is 0 Å². The highest BCUT2D eigenvalue weighted by atomic mass is 16.4. The van der Waals surface area contributed by atoms with Gasteiger partial charge in [0.1, 0.15) is 6.04 Å². The number of carboxylic acids is 1. The average molecular weight is 301 g/mol. The third kappa shape index (κ3) is 10.1. The fourth-order valence-electron chi connectivity index (χ4n) is 1.82. The lowest BCUT2D eigenvalue weighted by Crippen LogP contribution is -2.46. The maximum Gasteiger partial charge on any atom is 0.326 e. The molecule has 0 spiro atoms. The Hall–Kier alpha value is -1.30. The van der Waals surface area contributed by atoms with Crippen molar-refractivity contribution in [1.82, 2.24) is 15.5 Å². The minimum absolute atomic E-state index is 0.393. The summed E-state index contributed by atoms with van der Waals surface area (Å²) in [5.41, 5.74) is 0. The van der Waals surface area contributed by atoms with Crippen molar-refractivity contribution in [1.29, 1.82) is 0 Å². The van der Waals surface area contributed by atoms with E-state index >= 15 is 0 Å². The highest BCUT2D eigenvalue weighted by Gasteiger charge is 2.18. The van der Waals surface area contributed by atoms with Gasteiger partial charge in [0.15, 0.2) is 0 Å². The molecule has 124 valence electrons. The van der Waals surface area contributed by atoms with E-state index in [0.29, 0.717) is 19.0 Å². The molecule has 0 saturated heterocycles. The number of hydrogen-bond donors (Lipinski definition) is 3. The van der Waals surface area contributed by atoms with Gasteiger partial charge in [-0.05, 0) is 46.7 Å². The Balaban J connectivity index is 3.80. The average Bonchev–Trinajstić information content (AvgIpc) is 2.42. The Bertz CT molecular complexity index is 309. The first-order valence-corrected chi connectivity index (χ1v) is 7.85. The molecule has 0 radical (unpaired) electrons. The predicted octanol–water partition coefficient (Wildman–Crippen LogP) is 2.05. The number of carbonyl (C=O) groups excluding carboxylic acids is 1. The lowest BCUT2D eigenvalue weighted by Gasteiger charge is -2.20. The molecule has 0 heterocycles. The van der Waals surface area contributed by atoms with Gasteiger partial charge in [-0.1, -0.05) is 19.8 Å². The van der Waals surface area contributed by atoms with E-state index in [-0.39, 0.29) is 0 Å². The standard InChI is InChI=1S/C15H31N3O3/c1-5-6-9-13(14(19)20)17-15(21)16-10-7-8-11-18(4)12(2)3/h12-13H,5-11H2,1-4H3,(H,19,20)(H2,16,17,21)/t13-/m0/s1. The van der Waals surface area contributed by atoms with Crippen LogP contribution in [0.4, 0.5) is 4.79 Å². The summed E-state index contributed by atoms with van der Waals surface area (Å²) in [5, 5.41) is 14.2. The van der Waals surface area contributed by atoms with Crippen LogP contribution < -0.4 is 10.6 Å². The summed E-state index contributed by atoms with van der Waals surface area (Å²) in [5.74, 6) is -0.975. The molecular formula is C15H31N3O3. The number of amides is 2. The van der Waals surface area contributed by atoms with Gasteiger partial charge in [-0.15, -0.1) is 0 Å². The van der Waals surface area contributed by atoms with Crippen LogP contribution in [0.2, 0.25) is 0 Å². The fourth-order valence-corrected chi connectivity index (χ4v) is 1.82. The molecular weight excluding hydrogens is 270 g/mol. The molecule has 0 bridgehead atoms. The second-order valence-corrected chi connectivity index (χ2v) is 5.71. The molecule has 0 aromatic heterocycles. The summed E-state index contributed by atoms with van der Waals surface area (Å²) in [6.07, 6.45) is 4.07. The summed E-state index contributed by atoms with van der Waals surface area (Å²) in [4.78, 5) is 24.9. The van der Waals surface area contributed by atoms with E-state index in [1.807, 2.05) is 6.92 Å². The van der Waals surface area contributed by atoms with Crippen molar-refractivity contribution in [2.75, 3.05) is 20.1 Å². The molecule has 0 aliphatic heterocycles. The Labute approximate surface area is 128 Å². The van der Waals surface area contributed by atoms with Crippen molar-refractivity contribution in [2.45, 2.75) is 65.0 Å². The van der Waals surface area contributed by atoms with E-state index in [0.717, 1.165) is 32.2 Å². The second kappa shape index (κ2) is 11.4. The molecule has 21 heavy (non-hydrogen) atoms. The van der Waals surface area contributed by atoms with Crippen molar-refractivity contribution in [3.63, 3.8) is 0 Å². The Morgan fingerprint density at radius 1 is 1.19 bits per heavy atom. The number of urea groups is 1. The van der Waals surface area contributed by atoms with Crippen LogP contribution in [-0.4, -0.2) is 54.2 Å². The first kappa shape index (κ1) is 19.7. The number of carboxylic acid groups (broad SMARTS) is 1. The lowest BCUT2D eigenvalue weighted by molar-refractivity contribution is -0.139. The van der Waals surface area contributed by atoms with Crippen LogP contribution in [0.3, 0.4) is 0 Å². The third-order valence-electron chi connectivity index (χ3n) is 3.55. The van der Waals surface area contributed by atoms with Crippen LogP contribution in [0.1, 0.15) is 52.9 Å². The van der Waals surface area contributed by atoms with Crippen LogP contribution in [0.5, 0.6) is 0 Å². The monoisotopic (exact) mass is 301 g/mol. The molecule has 0 unspecified atom stereocenters. The molecule has 0 rings (SSSR count). The third-order valence-corrected chi connectivity index (χ3v) is 3.55. The SMILES string of the molecule is CCCC[C@H](NC(=O)NCCCCN(C)C(C)C)C(=O)O. The van der Waals surface area contributed by atoms with Crippen molar-refractivity contribution in [3.05, 3.63) is 0 Å². The molecule has 0 fully saturated rings. The first-order valence-electron chi connectivity index (χ1n) is 7.85. The van der Waals surface area contributed by atoms with Crippen LogP contribution in [0.15, 0.2) is 0 Å². The van der Waals surface area contributed by atoms with Gasteiger partial charge in [0, 0.05) is 12.6 Å². The van der Waals surface area contributed by atoms with Crippen LogP contribution in [0, 0.1) is 0 Å². The Morgan fingerprint density at radius 3 is 2.38 bits per heavy atom. The van der Waals surface area contributed by atoms with Crippen LogP contribution in [0.25, 0.3) is 0 Å². The highest BCUT2D eigenvalue weighted by molar-refractivity contribution is 5.82. The number of carbonyl (C=O) groups is 2. The van der Waals surface area contributed by atoms with Crippen LogP contribution in [-0.2, 0) is 4.79 Å². The van der Waals surface area contributed by atoms with Crippen molar-refractivity contribution < 1.29 is 14.7 Å². The molecule has 6 nitrogen and oxygen atoms in total. The molecule has 2 amide bonds. The maximum absolute atomic E-state index is 11.6. The molecule has 6 heteroatoms. The van der Waals surface area contributed by atoms with Gasteiger partial charge in [-0.2, -0.15) is 0 Å². The van der Waals surface area contributed by atoms with E-state index in [4.69, 9.17) is 5.11 Å². The molecule has 0 aliphatic rings. The van der Waals surface area contributed by atoms with Crippen molar-refractivity contribution in [3.8, 4) is 0 Å². The summed E-state index contributed by atoms with van der Waals surface area (Å²) >= 11 is 0. The molecule has 0 aliphatic carbocycles. The van der Waals surface area contributed by atoms with E-state index in [1.165, 1.54) is 0 Å². The second-order valence-electron chi connectivity index (χ2n) is 5.71. The molecule has 0 aromatic rings. The van der Waals surface area contributed by atoms with Gasteiger partial charge >= 0.3 is 12.0 Å². The summed E-state index contributed by atoms with van der Waals surface area (Å²) in [6.45, 7) is 7.85. The lowest BCUT2D eigenvalue weighted by atomic mass is 10.1. The molecule has 0 saturated carbocycles. The van der Waals surface area contributed by atoms with Crippen molar-refractivity contribution in [2.24, 2.45) is 0 Å². The number of unbranched alkanes of at least 4 members (excludes halogenated alkanes) is 2. The van der Waals surface area contributed by atoms with E-state index in [1.54, 1.807) is 0 Å². The largest absolute Gasteiger partial charge is 0.480 e. The minimum atomic E-state index is -0.975. The predicted molar refractivity (Wildman–Crippen MR) is 84.5 cm³/mol. The van der Waals surface area contributed by atoms with Gasteiger partial charge in [-0.25, -0.2) is 9.59 Å². The quantitative estimate of drug-likeness (QED) is 0.510. The smallest absolute Gasteiger partial charge is 0.326 e. The minimum Gasteiger partial charge on any atom is -0.480 e. The maximum atomic E-state index is 11.6. The van der Waals surface area contributed by atoms with E-state index < -0.39 is 18.0 Å². The number of rotatable bonds is 11. The number of nitrogens with zero attached hydrogens (tertiary/aromatic N) is 1. The van der Waals surface area contributed by atoms with Gasteiger partial charge in [0.05, 0.1) is 0 Å². The topological polar surface area (TPSA) is 81.7 Å². The highest BCUT2D eigenvalue weighted by Crippen LogP contribution is 2.01. The van der Waals surface area contributed by atoms with Gasteiger partial charge < -0.3 is 20.6 Å². The van der Waals surface area contributed by atoms with Gasteiger partial charge in [-0.3, -0.25) is 0 Å². The summed E-state index contributed by atoms with van der Waals surface area (Å²) in [7, 11) is 2.08. The molecule has 1 atom stereocenters. The summed E-state index contributed by atoms with van der Waals surface area (Å²) < 4.78 is 0. The zero-order valence-electron chi connectivity index (χ0n) is 13.8. The fraction of sp³-hybridized carbons (Fsp3) is 0.867.